The van der Waals surface area contributed by atoms with Crippen LogP contribution in [0.15, 0.2) is 35.7 Å². The summed E-state index contributed by atoms with van der Waals surface area (Å²) < 4.78 is -0.194. The van der Waals surface area contributed by atoms with Gasteiger partial charge in [-0.1, -0.05) is 40.2 Å². The molecule has 1 aromatic carbocycles. The number of ketones is 2. The van der Waals surface area contributed by atoms with Crippen molar-refractivity contribution in [3.05, 3.63) is 46.8 Å². The molecule has 0 radical (unpaired) electrons. The van der Waals surface area contributed by atoms with Crippen molar-refractivity contribution in [3.8, 4) is 0 Å². The van der Waals surface area contributed by atoms with Crippen molar-refractivity contribution in [1.29, 1.82) is 0 Å². The Balaban J connectivity index is 2.38. The van der Waals surface area contributed by atoms with Gasteiger partial charge >= 0.3 is 0 Å². The minimum Gasteiger partial charge on any atom is -0.394 e. The normalized spacial score (nSPS) is 15.5. The number of carbonyl (C=O) groups is 2. The first kappa shape index (κ1) is 13.8. The maximum Gasteiger partial charge on any atom is 0.211 e. The van der Waals surface area contributed by atoms with Gasteiger partial charge < -0.3 is 11.1 Å². The van der Waals surface area contributed by atoms with E-state index in [9.17, 15) is 9.59 Å². The van der Waals surface area contributed by atoms with E-state index in [-0.39, 0.29) is 27.3 Å². The molecule has 5 heteroatoms. The van der Waals surface area contributed by atoms with Crippen LogP contribution in [-0.4, -0.2) is 22.4 Å². The van der Waals surface area contributed by atoms with Gasteiger partial charge in [-0.2, -0.15) is 0 Å². The zero-order valence-corrected chi connectivity index (χ0v) is 12.4. The van der Waals surface area contributed by atoms with Crippen molar-refractivity contribution in [2.24, 2.45) is 5.73 Å². The lowest BCUT2D eigenvalue weighted by atomic mass is 9.90. The summed E-state index contributed by atoms with van der Waals surface area (Å²) in [5.41, 5.74) is 6.73. The van der Waals surface area contributed by atoms with Gasteiger partial charge in [0, 0.05) is 22.0 Å². The van der Waals surface area contributed by atoms with Crippen LogP contribution < -0.4 is 11.1 Å². The van der Waals surface area contributed by atoms with Crippen LogP contribution in [0.2, 0.25) is 0 Å². The van der Waals surface area contributed by atoms with Crippen molar-refractivity contribution < 1.29 is 9.59 Å². The zero-order chi connectivity index (χ0) is 14.2. The summed E-state index contributed by atoms with van der Waals surface area (Å²) in [4.78, 5) is 24.4. The van der Waals surface area contributed by atoms with Gasteiger partial charge in [0.1, 0.15) is 11.4 Å². The fourth-order valence-electron chi connectivity index (χ4n) is 1.87. The smallest absolute Gasteiger partial charge is 0.211 e. The van der Waals surface area contributed by atoms with Crippen LogP contribution in [-0.2, 0) is 0 Å². The summed E-state index contributed by atoms with van der Waals surface area (Å²) in [5.74, 6) is -0.533. The van der Waals surface area contributed by atoms with E-state index in [2.05, 4.69) is 21.2 Å². The van der Waals surface area contributed by atoms with Crippen LogP contribution in [0.25, 0.3) is 0 Å². The first-order valence-corrected chi connectivity index (χ1v) is 6.71. The Bertz CT molecular complexity index is 585. The summed E-state index contributed by atoms with van der Waals surface area (Å²) in [7, 11) is 0. The highest BCUT2D eigenvalue weighted by atomic mass is 79.9. The number of fused-ring (bicyclic) bond motifs is 1. The van der Waals surface area contributed by atoms with Crippen molar-refractivity contribution in [1.82, 2.24) is 5.32 Å². The summed E-state index contributed by atoms with van der Waals surface area (Å²) in [5, 5.41) is 2.97. The Morgan fingerprint density at radius 2 is 1.68 bits per heavy atom. The number of alkyl halides is 1. The molecular formula is C14H15BrN2O2. The van der Waals surface area contributed by atoms with E-state index in [1.54, 1.807) is 24.3 Å². The third-order valence-electron chi connectivity index (χ3n) is 2.84. The van der Waals surface area contributed by atoms with Crippen molar-refractivity contribution in [2.45, 2.75) is 18.2 Å². The third-order valence-corrected chi connectivity index (χ3v) is 3.12. The Hall–Kier alpha value is -1.62. The zero-order valence-electron chi connectivity index (χ0n) is 10.8. The Morgan fingerprint density at radius 1 is 1.16 bits per heavy atom. The fraction of sp³-hybridized carbons (Fsp3) is 0.286. The Kier molecular flexibility index (Phi) is 3.49. The van der Waals surface area contributed by atoms with Crippen LogP contribution in [0.5, 0.6) is 0 Å². The number of nitrogens with one attached hydrogen (secondary N) is 1. The maximum atomic E-state index is 12.3. The summed E-state index contributed by atoms with van der Waals surface area (Å²) in [6, 6.07) is 6.71. The monoisotopic (exact) mass is 322 g/mol. The largest absolute Gasteiger partial charge is 0.394 e. The molecule has 1 aliphatic rings. The number of carbonyl (C=O) groups excluding carboxylic acids is 2. The molecule has 4 nitrogen and oxygen atoms in total. The predicted molar refractivity (Wildman–Crippen MR) is 77.3 cm³/mol. The number of nitrogens with two attached hydrogens (primary N) is 1. The average Bonchev–Trinajstić information content (AvgIpc) is 2.35. The molecule has 0 unspecified atom stereocenters. The molecule has 0 heterocycles. The second-order valence-corrected chi connectivity index (χ2v) is 7.21. The van der Waals surface area contributed by atoms with E-state index in [1.807, 2.05) is 13.8 Å². The van der Waals surface area contributed by atoms with Crippen LogP contribution in [0.4, 0.5) is 0 Å². The number of allylic oxidation sites excluding steroid dienone is 2. The third kappa shape index (κ3) is 2.71. The van der Waals surface area contributed by atoms with Crippen LogP contribution >= 0.6 is 15.9 Å². The van der Waals surface area contributed by atoms with E-state index in [1.165, 1.54) is 0 Å². The molecule has 100 valence electrons. The number of halogens is 1. The molecule has 0 aliphatic heterocycles. The molecule has 0 saturated heterocycles. The van der Waals surface area contributed by atoms with Crippen molar-refractivity contribution >= 4 is 27.5 Å². The first-order valence-electron chi connectivity index (χ1n) is 5.92. The van der Waals surface area contributed by atoms with Crippen LogP contribution in [0.1, 0.15) is 34.6 Å². The number of hydrogen-bond acceptors (Lipinski definition) is 4. The van der Waals surface area contributed by atoms with Gasteiger partial charge in [-0.25, -0.2) is 0 Å². The molecule has 19 heavy (non-hydrogen) atoms. The molecule has 2 rings (SSSR count). The molecule has 0 spiro atoms. The fourth-order valence-corrected chi connectivity index (χ4v) is 2.01. The molecule has 1 aliphatic carbocycles. The first-order chi connectivity index (χ1) is 8.81. The van der Waals surface area contributed by atoms with Gasteiger partial charge in [0.25, 0.3) is 0 Å². The highest BCUT2D eigenvalue weighted by molar-refractivity contribution is 9.10. The van der Waals surface area contributed by atoms with Crippen LogP contribution in [0, 0.1) is 0 Å². The average molecular weight is 323 g/mol. The lowest BCUT2D eigenvalue weighted by Crippen LogP contribution is -2.38. The second-order valence-electron chi connectivity index (χ2n) is 5.06. The van der Waals surface area contributed by atoms with Gasteiger partial charge in [-0.05, 0) is 13.8 Å². The molecule has 0 saturated carbocycles. The van der Waals surface area contributed by atoms with E-state index >= 15 is 0 Å². The maximum absolute atomic E-state index is 12.3. The topological polar surface area (TPSA) is 72.2 Å². The molecule has 0 fully saturated rings. The van der Waals surface area contributed by atoms with E-state index in [0.717, 1.165) is 0 Å². The molecule has 0 bridgehead atoms. The van der Waals surface area contributed by atoms with Crippen LogP contribution in [0.3, 0.4) is 0 Å². The quantitative estimate of drug-likeness (QED) is 0.835. The minimum absolute atomic E-state index is 0.0135. The minimum atomic E-state index is -0.301. The van der Waals surface area contributed by atoms with Gasteiger partial charge in [0.2, 0.25) is 11.6 Å². The summed E-state index contributed by atoms with van der Waals surface area (Å²) >= 11 is 3.47. The highest BCUT2D eigenvalue weighted by Gasteiger charge is 2.31. The predicted octanol–water partition coefficient (Wildman–Crippen LogP) is 2.00. The standard InChI is InChI=1S/C14H15BrN2O2/c1-14(2,15)7-17-11-10(16)12(18)8-5-3-4-6-9(8)13(11)19/h3-6,17H,7,16H2,1-2H3. The Labute approximate surface area is 120 Å². The lowest BCUT2D eigenvalue weighted by molar-refractivity contribution is 0.0967. The molecule has 1 aromatic rings. The second kappa shape index (κ2) is 4.81. The molecule has 3 N–H and O–H groups in total. The molecule has 0 atom stereocenters. The number of Topliss-reactive ketones (excluding diaryl/α,β-unsaturated/α-hetero) is 2. The lowest BCUT2D eigenvalue weighted by Gasteiger charge is -2.23. The van der Waals surface area contributed by atoms with E-state index in [0.29, 0.717) is 17.7 Å². The van der Waals surface area contributed by atoms with Gasteiger partial charge in [-0.15, -0.1) is 0 Å². The van der Waals surface area contributed by atoms with Gasteiger partial charge in [0.05, 0.1) is 0 Å². The highest BCUT2D eigenvalue weighted by Crippen LogP contribution is 2.23. The molecular weight excluding hydrogens is 308 g/mol. The molecule has 0 aromatic heterocycles. The van der Waals surface area contributed by atoms with Crippen molar-refractivity contribution in [3.63, 3.8) is 0 Å². The molecule has 0 amide bonds. The number of benzene rings is 1. The SMILES string of the molecule is CC(C)(Br)CNC1=C(N)C(=O)c2ccccc2C1=O. The van der Waals surface area contributed by atoms with Crippen molar-refractivity contribution in [2.75, 3.05) is 6.54 Å². The van der Waals surface area contributed by atoms with E-state index in [4.69, 9.17) is 5.73 Å². The Morgan fingerprint density at radius 3 is 2.21 bits per heavy atom. The number of rotatable bonds is 3. The summed E-state index contributed by atoms with van der Waals surface area (Å²) in [6.45, 7) is 4.41. The van der Waals surface area contributed by atoms with E-state index < -0.39 is 0 Å². The number of hydrogen-bond donors (Lipinski definition) is 2. The van der Waals surface area contributed by atoms with Gasteiger partial charge in [-0.3, -0.25) is 9.59 Å². The summed E-state index contributed by atoms with van der Waals surface area (Å²) in [6.07, 6.45) is 0. The van der Waals surface area contributed by atoms with Gasteiger partial charge in [0.15, 0.2) is 0 Å².